The molecule has 0 aliphatic rings. The van der Waals surface area contributed by atoms with Crippen molar-refractivity contribution in [3.63, 3.8) is 0 Å². The van der Waals surface area contributed by atoms with Crippen LogP contribution in [0.5, 0.6) is 0 Å². The second-order valence-corrected chi connectivity index (χ2v) is 3.81. The third kappa shape index (κ3) is 2.49. The van der Waals surface area contributed by atoms with E-state index in [1.165, 1.54) is 5.56 Å². The monoisotopic (exact) mass is 152 g/mol. The Kier molecular flexibility index (Phi) is 2.89. The van der Waals surface area contributed by atoms with E-state index in [1.54, 1.807) is 0 Å². The Labute approximate surface area is 64.9 Å². The van der Waals surface area contributed by atoms with Gasteiger partial charge in [-0.3, -0.25) is 0 Å². The summed E-state index contributed by atoms with van der Waals surface area (Å²) in [6.07, 6.45) is 1.16. The summed E-state index contributed by atoms with van der Waals surface area (Å²) >= 11 is 0. The summed E-state index contributed by atoms with van der Waals surface area (Å²) in [7, 11) is 2.81. The number of rotatable bonds is 2. The van der Waals surface area contributed by atoms with Gasteiger partial charge in [0.2, 0.25) is 0 Å². The molecule has 2 unspecified atom stereocenters. The SMILES string of the molecule is CC(P)Cc1ccccc1. The highest BCUT2D eigenvalue weighted by atomic mass is 31.0. The molecular weight excluding hydrogens is 139 g/mol. The molecule has 0 N–H and O–H groups in total. The standard InChI is InChI=1S/C9H13P/c1-8(10)7-9-5-3-2-4-6-9/h2-6,8H,7,10H2,1H3. The lowest BCUT2D eigenvalue weighted by Crippen LogP contribution is -1.94. The molecule has 0 aliphatic carbocycles. The average molecular weight is 152 g/mol. The van der Waals surface area contributed by atoms with Crippen LogP contribution in [0.1, 0.15) is 12.5 Å². The zero-order valence-corrected chi connectivity index (χ0v) is 7.40. The van der Waals surface area contributed by atoms with Gasteiger partial charge in [-0.1, -0.05) is 37.3 Å². The van der Waals surface area contributed by atoms with Gasteiger partial charge in [0.05, 0.1) is 0 Å². The molecule has 2 atom stereocenters. The van der Waals surface area contributed by atoms with Crippen LogP contribution in [-0.4, -0.2) is 5.66 Å². The first-order valence-corrected chi connectivity index (χ1v) is 4.25. The normalized spacial score (nSPS) is 13.0. The molecule has 1 heteroatoms. The molecular formula is C9H13P. The first-order valence-electron chi connectivity index (χ1n) is 3.58. The van der Waals surface area contributed by atoms with Gasteiger partial charge in [0.25, 0.3) is 0 Å². The van der Waals surface area contributed by atoms with Crippen molar-refractivity contribution in [2.45, 2.75) is 19.0 Å². The van der Waals surface area contributed by atoms with Crippen molar-refractivity contribution in [3.8, 4) is 0 Å². The van der Waals surface area contributed by atoms with Crippen molar-refractivity contribution in [3.05, 3.63) is 35.9 Å². The van der Waals surface area contributed by atoms with Gasteiger partial charge in [-0.15, -0.1) is 9.24 Å². The molecule has 0 radical (unpaired) electrons. The third-order valence-corrected chi connectivity index (χ3v) is 1.64. The lowest BCUT2D eigenvalue weighted by Gasteiger charge is -2.02. The molecule has 0 fully saturated rings. The molecule has 0 heterocycles. The fraction of sp³-hybridized carbons (Fsp3) is 0.333. The van der Waals surface area contributed by atoms with E-state index in [4.69, 9.17) is 0 Å². The average Bonchev–Trinajstić information content (AvgIpc) is 1.88. The molecule has 0 aliphatic heterocycles. The summed E-state index contributed by atoms with van der Waals surface area (Å²) in [5, 5.41) is 0. The van der Waals surface area contributed by atoms with Crippen LogP contribution in [0.15, 0.2) is 30.3 Å². The summed E-state index contributed by atoms with van der Waals surface area (Å²) in [5.74, 6) is 0. The Morgan fingerprint density at radius 3 is 2.40 bits per heavy atom. The van der Waals surface area contributed by atoms with Crippen LogP contribution in [0.4, 0.5) is 0 Å². The number of benzene rings is 1. The molecule has 1 aromatic carbocycles. The molecule has 1 aromatic rings. The largest absolute Gasteiger partial charge is 0.134 e. The molecule has 0 saturated heterocycles. The van der Waals surface area contributed by atoms with Gasteiger partial charge < -0.3 is 0 Å². The van der Waals surface area contributed by atoms with Gasteiger partial charge in [-0.2, -0.15) is 0 Å². The number of hydrogen-bond donors (Lipinski definition) is 0. The lowest BCUT2D eigenvalue weighted by molar-refractivity contribution is 0.945. The van der Waals surface area contributed by atoms with Crippen LogP contribution < -0.4 is 0 Å². The Morgan fingerprint density at radius 1 is 1.30 bits per heavy atom. The van der Waals surface area contributed by atoms with Gasteiger partial charge in [0.15, 0.2) is 0 Å². The van der Waals surface area contributed by atoms with Gasteiger partial charge in [0, 0.05) is 0 Å². The molecule has 0 bridgehead atoms. The van der Waals surface area contributed by atoms with E-state index in [0.717, 1.165) is 6.42 Å². The summed E-state index contributed by atoms with van der Waals surface area (Å²) in [6.45, 7) is 2.21. The second-order valence-electron chi connectivity index (χ2n) is 2.67. The highest BCUT2D eigenvalue weighted by Gasteiger charge is 1.94. The maximum absolute atomic E-state index is 2.81. The lowest BCUT2D eigenvalue weighted by atomic mass is 10.1. The highest BCUT2D eigenvalue weighted by molar-refractivity contribution is 7.17. The van der Waals surface area contributed by atoms with Crippen LogP contribution in [-0.2, 0) is 6.42 Å². The summed E-state index contributed by atoms with van der Waals surface area (Å²) < 4.78 is 0. The van der Waals surface area contributed by atoms with Crippen LogP contribution in [0.3, 0.4) is 0 Å². The minimum atomic E-state index is 0.683. The van der Waals surface area contributed by atoms with E-state index in [-0.39, 0.29) is 0 Å². The van der Waals surface area contributed by atoms with E-state index in [0.29, 0.717) is 5.66 Å². The predicted octanol–water partition coefficient (Wildman–Crippen LogP) is 2.49. The molecule has 0 aromatic heterocycles. The summed E-state index contributed by atoms with van der Waals surface area (Å²) in [6, 6.07) is 10.6. The van der Waals surface area contributed by atoms with Crippen molar-refractivity contribution in [2.24, 2.45) is 0 Å². The topological polar surface area (TPSA) is 0 Å². The van der Waals surface area contributed by atoms with E-state index >= 15 is 0 Å². The van der Waals surface area contributed by atoms with Crippen LogP contribution in [0, 0.1) is 0 Å². The van der Waals surface area contributed by atoms with Crippen molar-refractivity contribution < 1.29 is 0 Å². The third-order valence-electron chi connectivity index (χ3n) is 1.40. The predicted molar refractivity (Wildman–Crippen MR) is 49.3 cm³/mol. The van der Waals surface area contributed by atoms with Gasteiger partial charge in [-0.25, -0.2) is 0 Å². The number of hydrogen-bond acceptors (Lipinski definition) is 0. The van der Waals surface area contributed by atoms with Crippen molar-refractivity contribution in [2.75, 3.05) is 0 Å². The van der Waals surface area contributed by atoms with Crippen molar-refractivity contribution in [1.82, 2.24) is 0 Å². The fourth-order valence-electron chi connectivity index (χ4n) is 0.986. The van der Waals surface area contributed by atoms with E-state index in [9.17, 15) is 0 Å². The van der Waals surface area contributed by atoms with Crippen LogP contribution in [0.2, 0.25) is 0 Å². The van der Waals surface area contributed by atoms with E-state index in [1.807, 2.05) is 0 Å². The van der Waals surface area contributed by atoms with Gasteiger partial charge in [-0.05, 0) is 17.6 Å². The second kappa shape index (κ2) is 3.73. The Bertz CT molecular complexity index is 179. The zero-order chi connectivity index (χ0) is 7.40. The van der Waals surface area contributed by atoms with Gasteiger partial charge >= 0.3 is 0 Å². The van der Waals surface area contributed by atoms with Crippen molar-refractivity contribution >= 4 is 9.24 Å². The Balaban J connectivity index is 2.59. The van der Waals surface area contributed by atoms with E-state index < -0.39 is 0 Å². The Hall–Kier alpha value is -0.350. The molecule has 1 rings (SSSR count). The fourth-order valence-corrected chi connectivity index (χ4v) is 1.26. The van der Waals surface area contributed by atoms with E-state index in [2.05, 4.69) is 46.5 Å². The minimum absolute atomic E-state index is 0.683. The zero-order valence-electron chi connectivity index (χ0n) is 6.25. The first kappa shape index (κ1) is 7.75. The molecule has 0 spiro atoms. The molecule has 0 saturated carbocycles. The Morgan fingerprint density at radius 2 is 1.90 bits per heavy atom. The molecule has 54 valence electrons. The van der Waals surface area contributed by atoms with Crippen LogP contribution in [0.25, 0.3) is 0 Å². The maximum atomic E-state index is 2.81. The summed E-state index contributed by atoms with van der Waals surface area (Å²) in [5.41, 5.74) is 2.10. The quantitative estimate of drug-likeness (QED) is 0.571. The summed E-state index contributed by atoms with van der Waals surface area (Å²) in [4.78, 5) is 0. The van der Waals surface area contributed by atoms with Crippen molar-refractivity contribution in [1.29, 1.82) is 0 Å². The molecule has 0 nitrogen and oxygen atoms in total. The molecule has 10 heavy (non-hydrogen) atoms. The highest BCUT2D eigenvalue weighted by Crippen LogP contribution is 2.08. The van der Waals surface area contributed by atoms with Gasteiger partial charge in [0.1, 0.15) is 0 Å². The molecule has 0 amide bonds. The van der Waals surface area contributed by atoms with Crippen LogP contribution >= 0.6 is 9.24 Å². The first-order chi connectivity index (χ1) is 4.79. The minimum Gasteiger partial charge on any atom is -0.134 e. The maximum Gasteiger partial charge on any atom is -0.0218 e. The smallest absolute Gasteiger partial charge is 0.0218 e.